The minimum atomic E-state index is -0.153. The van der Waals surface area contributed by atoms with Crippen LogP contribution >= 0.6 is 0 Å². The number of hydrogen-bond donors (Lipinski definition) is 0. The third kappa shape index (κ3) is 8.30. The zero-order valence-electron chi connectivity index (χ0n) is 15.6. The second-order valence-electron chi connectivity index (χ2n) is 5.42. The molecule has 22 heavy (non-hydrogen) atoms. The highest BCUT2D eigenvalue weighted by atomic mass is 16.2. The van der Waals surface area contributed by atoms with Crippen LogP contribution in [-0.2, 0) is 14.4 Å². The Hall–Kier alpha value is -1.19. The fourth-order valence-electron chi connectivity index (χ4n) is 2.12. The van der Waals surface area contributed by atoms with Gasteiger partial charge in [-0.15, -0.1) is 0 Å². The van der Waals surface area contributed by atoms with Crippen LogP contribution in [0.2, 0.25) is 0 Å². The van der Waals surface area contributed by atoms with Crippen LogP contribution in [0.4, 0.5) is 0 Å². The lowest BCUT2D eigenvalue weighted by Gasteiger charge is -2.13. The molecule has 4 heteroatoms. The SMILES string of the molecule is CC.CC.CC(C)C(=O)CCCCCN1C(=O)CC(C)C1=O. The van der Waals surface area contributed by atoms with Crippen LogP contribution in [0.15, 0.2) is 0 Å². The Bertz CT molecular complexity index is 337. The van der Waals surface area contributed by atoms with Crippen molar-refractivity contribution in [2.75, 3.05) is 6.54 Å². The molecular weight excluding hydrogens is 278 g/mol. The number of likely N-dealkylation sites (tertiary alicyclic amines) is 1. The van der Waals surface area contributed by atoms with Gasteiger partial charge >= 0.3 is 0 Å². The molecule has 0 aromatic heterocycles. The standard InChI is InChI=1S/C14H23NO3.2C2H6/c1-10(2)12(16)7-5-4-6-8-15-13(17)9-11(3)14(15)18;2*1-2/h10-11H,4-9H2,1-3H3;2*1-2H3. The zero-order valence-corrected chi connectivity index (χ0v) is 15.6. The van der Waals surface area contributed by atoms with Gasteiger partial charge in [0.25, 0.3) is 0 Å². The van der Waals surface area contributed by atoms with Crippen molar-refractivity contribution in [2.45, 2.75) is 80.6 Å². The van der Waals surface area contributed by atoms with E-state index in [1.165, 1.54) is 4.90 Å². The molecule has 1 unspecified atom stereocenters. The lowest BCUT2D eigenvalue weighted by atomic mass is 10.0. The maximum absolute atomic E-state index is 11.6. The molecule has 0 aromatic rings. The molecule has 1 saturated heterocycles. The molecule has 0 saturated carbocycles. The van der Waals surface area contributed by atoms with Crippen molar-refractivity contribution in [1.82, 2.24) is 4.90 Å². The zero-order chi connectivity index (χ0) is 17.7. The van der Waals surface area contributed by atoms with E-state index in [1.807, 2.05) is 41.5 Å². The number of imide groups is 1. The van der Waals surface area contributed by atoms with Crippen LogP contribution in [-0.4, -0.2) is 29.0 Å². The number of carbonyl (C=O) groups is 3. The van der Waals surface area contributed by atoms with E-state index in [-0.39, 0.29) is 29.4 Å². The molecule has 1 rings (SSSR count). The molecule has 1 fully saturated rings. The maximum Gasteiger partial charge on any atom is 0.232 e. The average Bonchev–Trinajstić information content (AvgIpc) is 2.76. The topological polar surface area (TPSA) is 54.5 Å². The maximum atomic E-state index is 11.6. The summed E-state index contributed by atoms with van der Waals surface area (Å²) in [6, 6.07) is 0. The normalized spacial score (nSPS) is 16.9. The first kappa shape index (κ1) is 23.1. The molecule has 0 N–H and O–H groups in total. The third-order valence-corrected chi connectivity index (χ3v) is 3.42. The Morgan fingerprint density at radius 2 is 1.64 bits per heavy atom. The smallest absolute Gasteiger partial charge is 0.232 e. The van der Waals surface area contributed by atoms with Crippen molar-refractivity contribution >= 4 is 17.6 Å². The summed E-state index contributed by atoms with van der Waals surface area (Å²) >= 11 is 0. The summed E-state index contributed by atoms with van der Waals surface area (Å²) in [5, 5.41) is 0. The van der Waals surface area contributed by atoms with Crippen molar-refractivity contribution in [3.8, 4) is 0 Å². The van der Waals surface area contributed by atoms with Crippen LogP contribution in [0.5, 0.6) is 0 Å². The summed E-state index contributed by atoms with van der Waals surface area (Å²) in [6.45, 7) is 14.1. The van der Waals surface area contributed by atoms with Gasteiger partial charge in [0.05, 0.1) is 0 Å². The third-order valence-electron chi connectivity index (χ3n) is 3.42. The largest absolute Gasteiger partial charge is 0.299 e. The number of unbranched alkanes of at least 4 members (excludes halogenated alkanes) is 2. The van der Waals surface area contributed by atoms with Crippen LogP contribution < -0.4 is 0 Å². The van der Waals surface area contributed by atoms with E-state index in [4.69, 9.17) is 0 Å². The Labute approximate surface area is 136 Å². The number of ketones is 1. The van der Waals surface area contributed by atoms with Crippen LogP contribution in [0.25, 0.3) is 0 Å². The molecule has 0 aliphatic carbocycles. The first-order valence-corrected chi connectivity index (χ1v) is 8.80. The fraction of sp³-hybridized carbons (Fsp3) is 0.833. The van der Waals surface area contributed by atoms with E-state index in [9.17, 15) is 14.4 Å². The lowest BCUT2D eigenvalue weighted by Crippen LogP contribution is -2.31. The highest BCUT2D eigenvalue weighted by Gasteiger charge is 2.34. The van der Waals surface area contributed by atoms with Gasteiger partial charge in [0.2, 0.25) is 11.8 Å². The number of Topliss-reactive ketones (excluding diaryl/α,β-unsaturated/α-hetero) is 1. The molecule has 0 spiro atoms. The number of carbonyl (C=O) groups excluding carboxylic acids is 3. The number of nitrogens with zero attached hydrogens (tertiary/aromatic N) is 1. The van der Waals surface area contributed by atoms with Crippen LogP contribution in [0, 0.1) is 11.8 Å². The summed E-state index contributed by atoms with van der Waals surface area (Å²) in [6.07, 6.45) is 3.50. The minimum Gasteiger partial charge on any atom is -0.299 e. The summed E-state index contributed by atoms with van der Waals surface area (Å²) in [4.78, 5) is 35.9. The van der Waals surface area contributed by atoms with Gasteiger partial charge < -0.3 is 0 Å². The van der Waals surface area contributed by atoms with Gasteiger partial charge in [-0.2, -0.15) is 0 Å². The van der Waals surface area contributed by atoms with E-state index in [2.05, 4.69) is 0 Å². The van der Waals surface area contributed by atoms with Gasteiger partial charge in [-0.3, -0.25) is 19.3 Å². The van der Waals surface area contributed by atoms with Gasteiger partial charge in [0, 0.05) is 31.2 Å². The Morgan fingerprint density at radius 3 is 2.05 bits per heavy atom. The van der Waals surface area contributed by atoms with E-state index < -0.39 is 0 Å². The second kappa shape index (κ2) is 13.5. The fourth-order valence-corrected chi connectivity index (χ4v) is 2.12. The molecule has 1 atom stereocenters. The quantitative estimate of drug-likeness (QED) is 0.522. The van der Waals surface area contributed by atoms with Crippen molar-refractivity contribution in [3.63, 3.8) is 0 Å². The Morgan fingerprint density at radius 1 is 1.09 bits per heavy atom. The second-order valence-corrected chi connectivity index (χ2v) is 5.42. The summed E-state index contributed by atoms with van der Waals surface area (Å²) in [5.74, 6) is 0.147. The first-order chi connectivity index (χ1) is 10.4. The molecule has 4 nitrogen and oxygen atoms in total. The highest BCUT2D eigenvalue weighted by molar-refractivity contribution is 6.03. The average molecular weight is 313 g/mol. The molecule has 0 bridgehead atoms. The molecule has 2 amide bonds. The van der Waals surface area contributed by atoms with Crippen molar-refractivity contribution < 1.29 is 14.4 Å². The van der Waals surface area contributed by atoms with E-state index >= 15 is 0 Å². The minimum absolute atomic E-state index is 0.0433. The summed E-state index contributed by atoms with van der Waals surface area (Å²) in [5.41, 5.74) is 0. The van der Waals surface area contributed by atoms with E-state index in [1.54, 1.807) is 6.92 Å². The van der Waals surface area contributed by atoms with Crippen LogP contribution in [0.1, 0.15) is 80.6 Å². The van der Waals surface area contributed by atoms with Crippen molar-refractivity contribution in [2.24, 2.45) is 11.8 Å². The molecule has 1 aliphatic rings. The summed E-state index contributed by atoms with van der Waals surface area (Å²) in [7, 11) is 0. The van der Waals surface area contributed by atoms with Crippen molar-refractivity contribution in [1.29, 1.82) is 0 Å². The van der Waals surface area contributed by atoms with Gasteiger partial charge in [-0.05, 0) is 12.8 Å². The van der Waals surface area contributed by atoms with Gasteiger partial charge in [0.15, 0.2) is 0 Å². The van der Waals surface area contributed by atoms with Gasteiger partial charge in [-0.1, -0.05) is 54.9 Å². The summed E-state index contributed by atoms with van der Waals surface area (Å²) < 4.78 is 0. The molecule has 1 heterocycles. The van der Waals surface area contributed by atoms with Crippen LogP contribution in [0.3, 0.4) is 0 Å². The molecule has 0 aromatic carbocycles. The predicted molar refractivity (Wildman–Crippen MR) is 91.5 cm³/mol. The van der Waals surface area contributed by atoms with E-state index in [0.717, 1.165) is 19.3 Å². The Kier molecular flexibility index (Phi) is 14.1. The predicted octanol–water partition coefficient (Wildman–Crippen LogP) is 4.22. The first-order valence-electron chi connectivity index (χ1n) is 8.80. The number of hydrogen-bond acceptors (Lipinski definition) is 3. The molecule has 130 valence electrons. The number of amides is 2. The monoisotopic (exact) mass is 313 g/mol. The molecule has 0 radical (unpaired) electrons. The Balaban J connectivity index is 0. The molecule has 1 aliphatic heterocycles. The van der Waals surface area contributed by atoms with Crippen molar-refractivity contribution in [3.05, 3.63) is 0 Å². The highest BCUT2D eigenvalue weighted by Crippen LogP contribution is 2.19. The van der Waals surface area contributed by atoms with Gasteiger partial charge in [0.1, 0.15) is 5.78 Å². The number of rotatable bonds is 7. The lowest BCUT2D eigenvalue weighted by molar-refractivity contribution is -0.139. The molecular formula is C18H35NO3. The van der Waals surface area contributed by atoms with Gasteiger partial charge in [-0.25, -0.2) is 0 Å². The van der Waals surface area contributed by atoms with E-state index in [0.29, 0.717) is 19.4 Å².